The SMILES string of the molecule is CCc1cccc(-c2nn3ccccc3c2-c2ccnc3cc(C(=O)O)ccc23)n1. The smallest absolute Gasteiger partial charge is 0.335 e. The van der Waals surface area contributed by atoms with Gasteiger partial charge in [-0.2, -0.15) is 5.10 Å². The largest absolute Gasteiger partial charge is 0.478 e. The van der Waals surface area contributed by atoms with Crippen LogP contribution in [0.2, 0.25) is 0 Å². The summed E-state index contributed by atoms with van der Waals surface area (Å²) in [6, 6.07) is 18.9. The van der Waals surface area contributed by atoms with E-state index in [0.717, 1.165) is 45.5 Å². The Bertz CT molecular complexity index is 1420. The lowest BCUT2D eigenvalue weighted by Crippen LogP contribution is -1.96. The molecule has 30 heavy (non-hydrogen) atoms. The van der Waals surface area contributed by atoms with Crippen LogP contribution in [-0.4, -0.2) is 30.7 Å². The predicted molar refractivity (Wildman–Crippen MR) is 115 cm³/mol. The molecule has 0 aliphatic carbocycles. The number of nitrogens with zero attached hydrogens (tertiary/aromatic N) is 4. The van der Waals surface area contributed by atoms with E-state index in [1.807, 2.05) is 59.2 Å². The summed E-state index contributed by atoms with van der Waals surface area (Å²) in [7, 11) is 0. The van der Waals surface area contributed by atoms with E-state index in [0.29, 0.717) is 5.52 Å². The summed E-state index contributed by atoms with van der Waals surface area (Å²) in [5, 5.41) is 15.0. The van der Waals surface area contributed by atoms with E-state index >= 15 is 0 Å². The van der Waals surface area contributed by atoms with Crippen LogP contribution in [0.4, 0.5) is 0 Å². The van der Waals surface area contributed by atoms with Gasteiger partial charge in [-0.05, 0) is 54.4 Å². The molecular weight excluding hydrogens is 376 g/mol. The third kappa shape index (κ3) is 2.90. The number of fused-ring (bicyclic) bond motifs is 2. The number of hydrogen-bond donors (Lipinski definition) is 1. The molecule has 4 aromatic heterocycles. The molecule has 0 radical (unpaired) electrons. The maximum Gasteiger partial charge on any atom is 0.335 e. The molecule has 0 saturated carbocycles. The summed E-state index contributed by atoms with van der Waals surface area (Å²) in [4.78, 5) is 20.6. The molecular formula is C24H18N4O2. The van der Waals surface area contributed by atoms with E-state index in [2.05, 4.69) is 11.9 Å². The number of benzene rings is 1. The van der Waals surface area contributed by atoms with Crippen molar-refractivity contribution in [3.8, 4) is 22.5 Å². The number of pyridine rings is 3. The summed E-state index contributed by atoms with van der Waals surface area (Å²) in [5.41, 5.74) is 6.27. The van der Waals surface area contributed by atoms with Gasteiger partial charge in [0.05, 0.1) is 22.3 Å². The number of carboxylic acid groups (broad SMARTS) is 1. The number of aryl methyl sites for hydroxylation is 1. The van der Waals surface area contributed by atoms with Crippen molar-refractivity contribution in [3.63, 3.8) is 0 Å². The zero-order valence-electron chi connectivity index (χ0n) is 16.3. The van der Waals surface area contributed by atoms with Crippen LogP contribution >= 0.6 is 0 Å². The van der Waals surface area contributed by atoms with Crippen molar-refractivity contribution in [3.05, 3.63) is 84.3 Å². The van der Waals surface area contributed by atoms with Crippen LogP contribution in [0.25, 0.3) is 38.9 Å². The number of aromatic nitrogens is 4. The fraction of sp³-hybridized carbons (Fsp3) is 0.0833. The normalized spacial score (nSPS) is 11.2. The number of rotatable bonds is 4. The van der Waals surface area contributed by atoms with Crippen molar-refractivity contribution in [1.29, 1.82) is 0 Å². The molecule has 1 aromatic carbocycles. The van der Waals surface area contributed by atoms with Crippen LogP contribution in [0.15, 0.2) is 73.1 Å². The molecule has 0 fully saturated rings. The fourth-order valence-corrected chi connectivity index (χ4v) is 3.75. The third-order valence-corrected chi connectivity index (χ3v) is 5.21. The highest BCUT2D eigenvalue weighted by Gasteiger charge is 2.20. The highest BCUT2D eigenvalue weighted by atomic mass is 16.4. The molecule has 5 aromatic rings. The minimum atomic E-state index is -0.971. The van der Waals surface area contributed by atoms with E-state index in [1.165, 1.54) is 0 Å². The predicted octanol–water partition coefficient (Wildman–Crippen LogP) is 4.87. The standard InChI is InChI=1S/C24H18N4O2/c1-2-16-6-5-7-19(26-16)23-22(21-8-3-4-13-28(21)27-23)18-11-12-25-20-14-15(24(29)30)9-10-17(18)20/h3-14H,2H2,1H3,(H,29,30). The van der Waals surface area contributed by atoms with Gasteiger partial charge < -0.3 is 5.11 Å². The number of aromatic carboxylic acids is 1. The number of hydrogen-bond acceptors (Lipinski definition) is 4. The molecule has 1 N–H and O–H groups in total. The van der Waals surface area contributed by atoms with Crippen molar-refractivity contribution in [2.45, 2.75) is 13.3 Å². The molecule has 0 aliphatic heterocycles. The molecule has 0 unspecified atom stereocenters. The van der Waals surface area contributed by atoms with Crippen molar-refractivity contribution >= 4 is 22.4 Å². The van der Waals surface area contributed by atoms with E-state index in [9.17, 15) is 9.90 Å². The number of carboxylic acids is 1. The Morgan fingerprint density at radius 2 is 1.97 bits per heavy atom. The van der Waals surface area contributed by atoms with Gasteiger partial charge in [0.15, 0.2) is 0 Å². The minimum Gasteiger partial charge on any atom is -0.478 e. The lowest BCUT2D eigenvalue weighted by atomic mass is 9.97. The van der Waals surface area contributed by atoms with Gasteiger partial charge in [-0.25, -0.2) is 9.31 Å². The third-order valence-electron chi connectivity index (χ3n) is 5.21. The summed E-state index contributed by atoms with van der Waals surface area (Å²) in [6.45, 7) is 2.08. The Hall–Kier alpha value is -4.06. The van der Waals surface area contributed by atoms with E-state index in [-0.39, 0.29) is 5.56 Å². The van der Waals surface area contributed by atoms with Crippen LogP contribution in [-0.2, 0) is 6.42 Å². The maximum atomic E-state index is 11.4. The second-order valence-electron chi connectivity index (χ2n) is 7.02. The molecule has 0 amide bonds. The van der Waals surface area contributed by atoms with Gasteiger partial charge in [0.25, 0.3) is 0 Å². The van der Waals surface area contributed by atoms with Crippen LogP contribution in [0.3, 0.4) is 0 Å². The Morgan fingerprint density at radius 1 is 1.07 bits per heavy atom. The van der Waals surface area contributed by atoms with Crippen molar-refractivity contribution in [1.82, 2.24) is 19.6 Å². The summed E-state index contributed by atoms with van der Waals surface area (Å²) < 4.78 is 1.85. The number of carbonyl (C=O) groups is 1. The Kier molecular flexibility index (Phi) is 4.25. The van der Waals surface area contributed by atoms with E-state index in [1.54, 1.807) is 18.3 Å². The first-order valence-electron chi connectivity index (χ1n) is 9.72. The topological polar surface area (TPSA) is 80.4 Å². The van der Waals surface area contributed by atoms with Gasteiger partial charge in [-0.1, -0.05) is 25.1 Å². The molecule has 146 valence electrons. The van der Waals surface area contributed by atoms with Gasteiger partial charge in [-0.3, -0.25) is 9.97 Å². The first-order chi connectivity index (χ1) is 14.7. The van der Waals surface area contributed by atoms with Crippen LogP contribution in [0.5, 0.6) is 0 Å². The lowest BCUT2D eigenvalue weighted by molar-refractivity contribution is 0.0697. The van der Waals surface area contributed by atoms with Gasteiger partial charge in [0.1, 0.15) is 5.69 Å². The van der Waals surface area contributed by atoms with Gasteiger partial charge >= 0.3 is 5.97 Å². The monoisotopic (exact) mass is 394 g/mol. The van der Waals surface area contributed by atoms with Crippen molar-refractivity contribution in [2.75, 3.05) is 0 Å². The van der Waals surface area contributed by atoms with E-state index < -0.39 is 5.97 Å². The highest BCUT2D eigenvalue weighted by molar-refractivity contribution is 6.04. The maximum absolute atomic E-state index is 11.4. The molecule has 6 heteroatoms. The van der Waals surface area contributed by atoms with Crippen molar-refractivity contribution < 1.29 is 9.90 Å². The van der Waals surface area contributed by atoms with Gasteiger partial charge in [-0.15, -0.1) is 0 Å². The quantitative estimate of drug-likeness (QED) is 0.470. The van der Waals surface area contributed by atoms with Crippen LogP contribution in [0.1, 0.15) is 23.0 Å². The average Bonchev–Trinajstić information content (AvgIpc) is 3.17. The van der Waals surface area contributed by atoms with Gasteiger partial charge in [0.2, 0.25) is 0 Å². The summed E-state index contributed by atoms with van der Waals surface area (Å²) in [5.74, 6) is -0.971. The Labute approximate surface area is 172 Å². The van der Waals surface area contributed by atoms with Crippen LogP contribution < -0.4 is 0 Å². The molecule has 0 spiro atoms. The second-order valence-corrected chi connectivity index (χ2v) is 7.02. The zero-order chi connectivity index (χ0) is 20.7. The molecule has 6 nitrogen and oxygen atoms in total. The van der Waals surface area contributed by atoms with Crippen LogP contribution in [0, 0.1) is 0 Å². The molecule has 5 rings (SSSR count). The minimum absolute atomic E-state index is 0.213. The molecule has 4 heterocycles. The van der Waals surface area contributed by atoms with Gasteiger partial charge in [0, 0.05) is 29.0 Å². The zero-order valence-corrected chi connectivity index (χ0v) is 16.3. The summed E-state index contributed by atoms with van der Waals surface area (Å²) in [6.07, 6.45) is 4.46. The molecule has 0 atom stereocenters. The first-order valence-corrected chi connectivity index (χ1v) is 9.72. The highest BCUT2D eigenvalue weighted by Crippen LogP contribution is 2.38. The van der Waals surface area contributed by atoms with Crippen molar-refractivity contribution in [2.24, 2.45) is 0 Å². The first kappa shape index (κ1) is 18.0. The Balaban J connectivity index is 1.83. The summed E-state index contributed by atoms with van der Waals surface area (Å²) >= 11 is 0. The molecule has 0 aliphatic rings. The second kappa shape index (κ2) is 7.08. The average molecular weight is 394 g/mol. The molecule has 0 saturated heterocycles. The van der Waals surface area contributed by atoms with E-state index in [4.69, 9.17) is 10.1 Å². The molecule has 0 bridgehead atoms. The Morgan fingerprint density at radius 3 is 2.80 bits per heavy atom. The fourth-order valence-electron chi connectivity index (χ4n) is 3.75. The lowest BCUT2D eigenvalue weighted by Gasteiger charge is -2.09.